The van der Waals surface area contributed by atoms with Crippen molar-refractivity contribution in [1.29, 1.82) is 0 Å². The Morgan fingerprint density at radius 1 is 1.53 bits per heavy atom. The smallest absolute Gasteiger partial charge is 0.407 e. The summed E-state index contributed by atoms with van der Waals surface area (Å²) in [5.41, 5.74) is -0.336. The van der Waals surface area contributed by atoms with E-state index in [-0.39, 0.29) is 17.6 Å². The number of ether oxygens (including phenoxy) is 1. The molecule has 1 fully saturated rings. The van der Waals surface area contributed by atoms with Crippen LogP contribution in [0.2, 0.25) is 0 Å². The Morgan fingerprint density at radius 2 is 2.20 bits per heavy atom. The second-order valence-corrected chi connectivity index (χ2v) is 5.28. The molecule has 1 saturated heterocycles. The van der Waals surface area contributed by atoms with Gasteiger partial charge in [-0.1, -0.05) is 12.2 Å². The molecular formula is C11H18N2O2. The van der Waals surface area contributed by atoms with E-state index in [0.717, 1.165) is 13.1 Å². The lowest BCUT2D eigenvalue weighted by Gasteiger charge is -2.24. The first kappa shape index (κ1) is 10.5. The molecule has 1 atom stereocenters. The molecule has 1 amide bonds. The van der Waals surface area contributed by atoms with Crippen molar-refractivity contribution in [3.8, 4) is 0 Å². The van der Waals surface area contributed by atoms with Crippen molar-refractivity contribution in [1.82, 2.24) is 10.6 Å². The van der Waals surface area contributed by atoms with Crippen LogP contribution in [-0.2, 0) is 4.74 Å². The second-order valence-electron chi connectivity index (χ2n) is 5.28. The summed E-state index contributed by atoms with van der Waals surface area (Å²) in [4.78, 5) is 11.5. The lowest BCUT2D eigenvalue weighted by molar-refractivity contribution is 0.0497. The zero-order valence-electron chi connectivity index (χ0n) is 9.46. The van der Waals surface area contributed by atoms with Crippen molar-refractivity contribution in [2.45, 2.75) is 32.4 Å². The van der Waals surface area contributed by atoms with Gasteiger partial charge >= 0.3 is 6.09 Å². The second kappa shape index (κ2) is 3.23. The van der Waals surface area contributed by atoms with Gasteiger partial charge < -0.3 is 15.4 Å². The van der Waals surface area contributed by atoms with E-state index in [1.54, 1.807) is 0 Å². The Morgan fingerprint density at radius 3 is 2.73 bits per heavy atom. The number of rotatable bonds is 1. The van der Waals surface area contributed by atoms with Crippen LogP contribution in [0.25, 0.3) is 0 Å². The topological polar surface area (TPSA) is 50.4 Å². The highest BCUT2D eigenvalue weighted by molar-refractivity contribution is 5.69. The quantitative estimate of drug-likeness (QED) is 0.636. The largest absolute Gasteiger partial charge is 0.444 e. The van der Waals surface area contributed by atoms with Gasteiger partial charge in [0.25, 0.3) is 0 Å². The molecule has 1 heterocycles. The molecular weight excluding hydrogens is 192 g/mol. The number of hydrogen-bond acceptors (Lipinski definition) is 3. The lowest BCUT2D eigenvalue weighted by atomic mass is 9.98. The number of nitrogens with one attached hydrogen (secondary N) is 2. The predicted molar refractivity (Wildman–Crippen MR) is 57.6 cm³/mol. The minimum absolute atomic E-state index is 0.0942. The number of carbonyl (C=O) groups is 1. The maximum atomic E-state index is 11.5. The van der Waals surface area contributed by atoms with Crippen LogP contribution < -0.4 is 10.6 Å². The van der Waals surface area contributed by atoms with Gasteiger partial charge in [0, 0.05) is 18.5 Å². The molecule has 1 aliphatic carbocycles. The zero-order valence-corrected chi connectivity index (χ0v) is 9.46. The van der Waals surface area contributed by atoms with Crippen LogP contribution in [0.15, 0.2) is 12.2 Å². The summed E-state index contributed by atoms with van der Waals surface area (Å²) in [5, 5.41) is 6.16. The molecule has 0 bridgehead atoms. The normalized spacial score (nSPS) is 26.7. The third kappa shape index (κ3) is 2.31. The molecule has 0 radical (unpaired) electrons. The molecule has 0 aromatic heterocycles. The summed E-state index contributed by atoms with van der Waals surface area (Å²) >= 11 is 0. The van der Waals surface area contributed by atoms with Gasteiger partial charge in [-0.25, -0.2) is 4.79 Å². The number of carbonyl (C=O) groups excluding carboxylic acids is 1. The lowest BCUT2D eigenvalue weighted by Crippen LogP contribution is -2.44. The number of alkyl carbamates (subject to hydrolysis) is 1. The van der Waals surface area contributed by atoms with Gasteiger partial charge in [-0.05, 0) is 20.8 Å². The fraction of sp³-hybridized carbons (Fsp3) is 0.727. The van der Waals surface area contributed by atoms with E-state index in [0.29, 0.717) is 0 Å². The number of hydrogen-bond donors (Lipinski definition) is 2. The van der Waals surface area contributed by atoms with E-state index in [1.807, 2.05) is 20.8 Å². The van der Waals surface area contributed by atoms with Gasteiger partial charge in [-0.2, -0.15) is 0 Å². The van der Waals surface area contributed by atoms with Crippen molar-refractivity contribution in [3.63, 3.8) is 0 Å². The van der Waals surface area contributed by atoms with Crippen LogP contribution in [0.1, 0.15) is 20.8 Å². The molecule has 4 nitrogen and oxygen atoms in total. The summed E-state index contributed by atoms with van der Waals surface area (Å²) < 4.78 is 5.22. The Balaban J connectivity index is 1.84. The average Bonchev–Trinajstić information content (AvgIpc) is 2.70. The van der Waals surface area contributed by atoms with Gasteiger partial charge in [0.2, 0.25) is 0 Å². The van der Waals surface area contributed by atoms with Crippen LogP contribution in [0, 0.1) is 5.41 Å². The van der Waals surface area contributed by atoms with Crippen molar-refractivity contribution < 1.29 is 9.53 Å². The molecule has 1 aliphatic heterocycles. The average molecular weight is 210 g/mol. The fourth-order valence-electron chi connectivity index (χ4n) is 1.84. The molecule has 2 aliphatic rings. The van der Waals surface area contributed by atoms with Gasteiger partial charge in [0.1, 0.15) is 5.60 Å². The molecule has 4 heteroatoms. The summed E-state index contributed by atoms with van der Waals surface area (Å²) in [6.45, 7) is 7.33. The van der Waals surface area contributed by atoms with E-state index in [2.05, 4.69) is 22.8 Å². The molecule has 0 unspecified atom stereocenters. The van der Waals surface area contributed by atoms with E-state index in [9.17, 15) is 4.79 Å². The summed E-state index contributed by atoms with van der Waals surface area (Å²) in [7, 11) is 0. The molecule has 0 aromatic rings. The van der Waals surface area contributed by atoms with Gasteiger partial charge in [0.15, 0.2) is 0 Å². The minimum atomic E-state index is -0.430. The van der Waals surface area contributed by atoms with Gasteiger partial charge in [-0.15, -0.1) is 0 Å². The predicted octanol–water partition coefficient (Wildman–Crippen LogP) is 1.04. The highest BCUT2D eigenvalue weighted by Crippen LogP contribution is 2.40. The van der Waals surface area contributed by atoms with Crippen molar-refractivity contribution in [2.75, 3.05) is 13.1 Å². The van der Waals surface area contributed by atoms with Crippen molar-refractivity contribution in [3.05, 3.63) is 12.2 Å². The van der Waals surface area contributed by atoms with Crippen molar-refractivity contribution >= 4 is 6.09 Å². The monoisotopic (exact) mass is 210 g/mol. The molecule has 2 N–H and O–H groups in total. The van der Waals surface area contributed by atoms with E-state index >= 15 is 0 Å². The minimum Gasteiger partial charge on any atom is -0.444 e. The van der Waals surface area contributed by atoms with E-state index < -0.39 is 5.60 Å². The Hall–Kier alpha value is -1.03. The molecule has 84 valence electrons. The summed E-state index contributed by atoms with van der Waals surface area (Å²) in [6, 6.07) is 0.146. The van der Waals surface area contributed by atoms with Crippen LogP contribution in [0.4, 0.5) is 4.79 Å². The first-order valence-electron chi connectivity index (χ1n) is 5.32. The Bertz CT molecular complexity index is 298. The highest BCUT2D eigenvalue weighted by atomic mass is 16.6. The van der Waals surface area contributed by atoms with Crippen LogP contribution in [0.5, 0.6) is 0 Å². The highest BCUT2D eigenvalue weighted by Gasteiger charge is 2.47. The SMILES string of the molecule is CC(C)(C)OC(=O)N[C@H]1CNCC12C=C2. The van der Waals surface area contributed by atoms with Crippen molar-refractivity contribution in [2.24, 2.45) is 5.41 Å². The number of amides is 1. The van der Waals surface area contributed by atoms with Crippen LogP contribution in [-0.4, -0.2) is 30.8 Å². The van der Waals surface area contributed by atoms with E-state index in [4.69, 9.17) is 4.74 Å². The third-order valence-corrected chi connectivity index (χ3v) is 2.71. The molecule has 0 aromatic carbocycles. The molecule has 2 rings (SSSR count). The Labute approximate surface area is 90.1 Å². The Kier molecular flexibility index (Phi) is 2.26. The first-order valence-corrected chi connectivity index (χ1v) is 5.32. The molecule has 0 saturated carbocycles. The molecule has 15 heavy (non-hydrogen) atoms. The van der Waals surface area contributed by atoms with Gasteiger partial charge in [0.05, 0.1) is 6.04 Å². The standard InChI is InChI=1S/C11H18N2O2/c1-10(2,3)15-9(14)13-8-6-12-7-11(8)4-5-11/h4-5,8,12H,6-7H2,1-3H3,(H,13,14)/t8-/m0/s1. The van der Waals surface area contributed by atoms with Crippen LogP contribution in [0.3, 0.4) is 0 Å². The fourth-order valence-corrected chi connectivity index (χ4v) is 1.84. The maximum Gasteiger partial charge on any atom is 0.407 e. The summed E-state index contributed by atoms with van der Waals surface area (Å²) in [6.07, 6.45) is 3.94. The molecule has 1 spiro atoms. The first-order chi connectivity index (χ1) is 6.91. The summed E-state index contributed by atoms with van der Waals surface area (Å²) in [5.74, 6) is 0. The van der Waals surface area contributed by atoms with Gasteiger partial charge in [-0.3, -0.25) is 0 Å². The zero-order chi connectivity index (χ0) is 11.1. The maximum absolute atomic E-state index is 11.5. The van der Waals surface area contributed by atoms with Crippen LogP contribution >= 0.6 is 0 Å². The van der Waals surface area contributed by atoms with E-state index in [1.165, 1.54) is 0 Å². The third-order valence-electron chi connectivity index (χ3n) is 2.71.